The number of anilines is 1. The summed E-state index contributed by atoms with van der Waals surface area (Å²) < 4.78 is 5.34. The van der Waals surface area contributed by atoms with Crippen molar-refractivity contribution in [2.24, 2.45) is 0 Å². The van der Waals surface area contributed by atoms with Gasteiger partial charge in [-0.3, -0.25) is 9.78 Å². The smallest absolute Gasteiger partial charge is 0.303 e. The maximum atomic E-state index is 10.4. The lowest BCUT2D eigenvalue weighted by Gasteiger charge is -2.11. The van der Waals surface area contributed by atoms with Crippen LogP contribution in [0.2, 0.25) is 0 Å². The molecule has 0 unspecified atom stereocenters. The number of benzene rings is 1. The Hall–Kier alpha value is -2.30. The monoisotopic (exact) mass is 316 g/mol. The van der Waals surface area contributed by atoms with Crippen molar-refractivity contribution >= 4 is 22.6 Å². The number of carboxylic acid groups (broad SMARTS) is 1. The van der Waals surface area contributed by atoms with Crippen LogP contribution in [0, 0.1) is 0 Å². The molecule has 0 atom stereocenters. The van der Waals surface area contributed by atoms with Gasteiger partial charge in [-0.05, 0) is 25.0 Å². The fraction of sp³-hybridized carbons (Fsp3) is 0.444. The zero-order valence-electron chi connectivity index (χ0n) is 13.5. The standard InChI is InChI=1S/C18H24N2O3/c1-23-15-12-14-8-7-11-20-18(14)16(13-15)19-10-6-4-2-3-5-9-17(21)22/h7-8,11-13,19H,2-6,9-10H2,1H3,(H,21,22). The van der Waals surface area contributed by atoms with Gasteiger partial charge in [-0.1, -0.05) is 25.3 Å². The van der Waals surface area contributed by atoms with Crippen LogP contribution in [0.25, 0.3) is 10.9 Å². The topological polar surface area (TPSA) is 71.5 Å². The number of nitrogens with zero attached hydrogens (tertiary/aromatic N) is 1. The average Bonchev–Trinajstić information content (AvgIpc) is 2.56. The van der Waals surface area contributed by atoms with Gasteiger partial charge in [0.05, 0.1) is 18.3 Å². The summed E-state index contributed by atoms with van der Waals surface area (Å²) >= 11 is 0. The Morgan fingerprint density at radius 3 is 2.78 bits per heavy atom. The molecule has 2 rings (SSSR count). The van der Waals surface area contributed by atoms with Crippen molar-refractivity contribution in [3.8, 4) is 5.75 Å². The molecule has 1 aromatic carbocycles. The molecular formula is C18H24N2O3. The zero-order chi connectivity index (χ0) is 16.5. The average molecular weight is 316 g/mol. The van der Waals surface area contributed by atoms with Crippen LogP contribution < -0.4 is 10.1 Å². The molecule has 0 aliphatic carbocycles. The van der Waals surface area contributed by atoms with E-state index >= 15 is 0 Å². The molecular weight excluding hydrogens is 292 g/mol. The number of methoxy groups -OCH3 is 1. The Morgan fingerprint density at radius 2 is 2.00 bits per heavy atom. The predicted octanol–water partition coefficient (Wildman–Crippen LogP) is 4.08. The summed E-state index contributed by atoms with van der Waals surface area (Å²) in [7, 11) is 1.67. The highest BCUT2D eigenvalue weighted by Gasteiger charge is 2.05. The second-order valence-corrected chi connectivity index (χ2v) is 5.59. The second-order valence-electron chi connectivity index (χ2n) is 5.59. The van der Waals surface area contributed by atoms with Crippen LogP contribution in [0.4, 0.5) is 5.69 Å². The Kier molecular flexibility index (Phi) is 6.66. The van der Waals surface area contributed by atoms with E-state index in [-0.39, 0.29) is 6.42 Å². The van der Waals surface area contributed by atoms with Gasteiger partial charge in [0.25, 0.3) is 0 Å². The van der Waals surface area contributed by atoms with Crippen molar-refractivity contribution in [3.63, 3.8) is 0 Å². The number of carbonyl (C=O) groups is 1. The van der Waals surface area contributed by atoms with Crippen LogP contribution in [-0.2, 0) is 4.79 Å². The summed E-state index contributed by atoms with van der Waals surface area (Å²) in [6.45, 7) is 0.873. The zero-order valence-corrected chi connectivity index (χ0v) is 13.5. The minimum absolute atomic E-state index is 0.277. The second kappa shape index (κ2) is 8.98. The molecule has 0 fully saturated rings. The molecule has 0 amide bonds. The SMILES string of the molecule is COc1cc(NCCCCCCCC(=O)O)c2ncccc2c1. The van der Waals surface area contributed by atoms with E-state index in [1.165, 1.54) is 0 Å². The van der Waals surface area contributed by atoms with Gasteiger partial charge in [0, 0.05) is 30.6 Å². The normalized spacial score (nSPS) is 10.7. The number of ether oxygens (including phenoxy) is 1. The minimum Gasteiger partial charge on any atom is -0.497 e. The number of fused-ring (bicyclic) bond motifs is 1. The lowest BCUT2D eigenvalue weighted by Crippen LogP contribution is -2.03. The van der Waals surface area contributed by atoms with Crippen LogP contribution in [0.1, 0.15) is 38.5 Å². The van der Waals surface area contributed by atoms with Gasteiger partial charge in [-0.15, -0.1) is 0 Å². The largest absolute Gasteiger partial charge is 0.497 e. The first-order chi connectivity index (χ1) is 11.2. The third-order valence-corrected chi connectivity index (χ3v) is 3.80. The molecule has 0 saturated heterocycles. The third kappa shape index (κ3) is 5.43. The Morgan fingerprint density at radius 1 is 1.22 bits per heavy atom. The van der Waals surface area contributed by atoms with Crippen LogP contribution >= 0.6 is 0 Å². The maximum absolute atomic E-state index is 10.4. The van der Waals surface area contributed by atoms with Gasteiger partial charge < -0.3 is 15.2 Å². The quantitative estimate of drug-likeness (QED) is 0.646. The van der Waals surface area contributed by atoms with E-state index in [4.69, 9.17) is 9.84 Å². The number of hydrogen-bond acceptors (Lipinski definition) is 4. The van der Waals surface area contributed by atoms with Crippen LogP contribution in [0.15, 0.2) is 30.5 Å². The molecule has 23 heavy (non-hydrogen) atoms. The maximum Gasteiger partial charge on any atom is 0.303 e. The molecule has 0 saturated carbocycles. The predicted molar refractivity (Wildman–Crippen MR) is 92.1 cm³/mol. The summed E-state index contributed by atoms with van der Waals surface area (Å²) in [6, 6.07) is 7.90. The first-order valence-corrected chi connectivity index (χ1v) is 8.09. The fourth-order valence-corrected chi connectivity index (χ4v) is 2.57. The summed E-state index contributed by atoms with van der Waals surface area (Å²) in [5.74, 6) is 0.116. The van der Waals surface area contributed by atoms with Gasteiger partial charge >= 0.3 is 5.97 Å². The lowest BCUT2D eigenvalue weighted by molar-refractivity contribution is -0.137. The minimum atomic E-state index is -0.705. The number of unbranched alkanes of at least 4 members (excludes halogenated alkanes) is 4. The van der Waals surface area contributed by atoms with Crippen molar-refractivity contribution in [2.45, 2.75) is 38.5 Å². The van der Waals surface area contributed by atoms with Crippen LogP contribution in [-0.4, -0.2) is 29.7 Å². The molecule has 0 spiro atoms. The van der Waals surface area contributed by atoms with E-state index in [9.17, 15) is 4.79 Å². The number of nitrogens with one attached hydrogen (secondary N) is 1. The molecule has 124 valence electrons. The van der Waals surface area contributed by atoms with Gasteiger partial charge in [0.1, 0.15) is 5.75 Å². The molecule has 0 radical (unpaired) electrons. The van der Waals surface area contributed by atoms with E-state index in [0.717, 1.165) is 61.0 Å². The number of pyridine rings is 1. The van der Waals surface area contributed by atoms with Crippen molar-refractivity contribution in [1.29, 1.82) is 0 Å². The van der Waals surface area contributed by atoms with Gasteiger partial charge in [-0.25, -0.2) is 0 Å². The van der Waals surface area contributed by atoms with E-state index < -0.39 is 5.97 Å². The van der Waals surface area contributed by atoms with E-state index in [2.05, 4.69) is 10.3 Å². The summed E-state index contributed by atoms with van der Waals surface area (Å²) in [6.07, 6.45) is 7.05. The highest BCUT2D eigenvalue weighted by molar-refractivity contribution is 5.91. The van der Waals surface area contributed by atoms with E-state index in [1.54, 1.807) is 13.3 Å². The van der Waals surface area contributed by atoms with Crippen molar-refractivity contribution in [2.75, 3.05) is 19.0 Å². The highest BCUT2D eigenvalue weighted by atomic mass is 16.5. The van der Waals surface area contributed by atoms with E-state index in [0.29, 0.717) is 0 Å². The molecule has 0 aliphatic rings. The number of rotatable bonds is 10. The highest BCUT2D eigenvalue weighted by Crippen LogP contribution is 2.27. The number of aromatic nitrogens is 1. The molecule has 0 aliphatic heterocycles. The number of aliphatic carboxylic acids is 1. The summed E-state index contributed by atoms with van der Waals surface area (Å²) in [5.41, 5.74) is 1.94. The first-order valence-electron chi connectivity index (χ1n) is 8.09. The van der Waals surface area contributed by atoms with E-state index in [1.807, 2.05) is 24.3 Å². The Labute approximate surface area is 136 Å². The van der Waals surface area contributed by atoms with Crippen LogP contribution in [0.3, 0.4) is 0 Å². The molecule has 1 heterocycles. The fourth-order valence-electron chi connectivity index (χ4n) is 2.57. The Bertz CT molecular complexity index is 643. The first kappa shape index (κ1) is 17.1. The van der Waals surface area contributed by atoms with Gasteiger partial charge in [0.15, 0.2) is 0 Å². The van der Waals surface area contributed by atoms with Gasteiger partial charge in [-0.2, -0.15) is 0 Å². The molecule has 2 N–H and O–H groups in total. The number of carboxylic acids is 1. The number of hydrogen-bond donors (Lipinski definition) is 2. The van der Waals surface area contributed by atoms with Crippen LogP contribution in [0.5, 0.6) is 5.75 Å². The summed E-state index contributed by atoms with van der Waals surface area (Å²) in [5, 5.41) is 13.1. The molecule has 1 aromatic heterocycles. The molecule has 5 heteroatoms. The molecule has 2 aromatic rings. The molecule has 0 bridgehead atoms. The van der Waals surface area contributed by atoms with Crippen molar-refractivity contribution in [3.05, 3.63) is 30.5 Å². The van der Waals surface area contributed by atoms with Crippen molar-refractivity contribution in [1.82, 2.24) is 4.98 Å². The molecule has 5 nitrogen and oxygen atoms in total. The lowest BCUT2D eigenvalue weighted by atomic mass is 10.1. The summed E-state index contributed by atoms with van der Waals surface area (Å²) in [4.78, 5) is 14.9. The Balaban J connectivity index is 1.79. The van der Waals surface area contributed by atoms with Gasteiger partial charge in [0.2, 0.25) is 0 Å². The van der Waals surface area contributed by atoms with Crippen molar-refractivity contribution < 1.29 is 14.6 Å². The third-order valence-electron chi connectivity index (χ3n) is 3.80.